The number of methoxy groups -OCH3 is 1. The van der Waals surface area contributed by atoms with E-state index in [-0.39, 0.29) is 5.92 Å². The second-order valence-corrected chi connectivity index (χ2v) is 4.18. The van der Waals surface area contributed by atoms with Gasteiger partial charge < -0.3 is 19.3 Å². The van der Waals surface area contributed by atoms with Crippen molar-refractivity contribution in [3.63, 3.8) is 0 Å². The summed E-state index contributed by atoms with van der Waals surface area (Å²) >= 11 is 0. The predicted octanol–water partition coefficient (Wildman–Crippen LogP) is 1.47. The van der Waals surface area contributed by atoms with Crippen LogP contribution in [-0.2, 0) is 4.74 Å². The summed E-state index contributed by atoms with van der Waals surface area (Å²) in [5, 5.41) is 9.88. The zero-order chi connectivity index (χ0) is 12.1. The second-order valence-electron chi connectivity index (χ2n) is 4.18. The van der Waals surface area contributed by atoms with Crippen LogP contribution in [0.15, 0.2) is 24.3 Å². The average molecular weight is 238 g/mol. The van der Waals surface area contributed by atoms with E-state index >= 15 is 0 Å². The van der Waals surface area contributed by atoms with Crippen molar-refractivity contribution in [2.45, 2.75) is 12.5 Å². The molecule has 17 heavy (non-hydrogen) atoms. The molecule has 2 rings (SSSR count). The maximum absolute atomic E-state index is 9.88. The first kappa shape index (κ1) is 12.2. The van der Waals surface area contributed by atoms with E-state index in [1.165, 1.54) is 0 Å². The van der Waals surface area contributed by atoms with Crippen molar-refractivity contribution >= 4 is 0 Å². The molecule has 0 radical (unpaired) electrons. The third-order valence-corrected chi connectivity index (χ3v) is 2.99. The molecule has 2 unspecified atom stereocenters. The molecule has 4 heteroatoms. The molecule has 4 nitrogen and oxygen atoms in total. The molecule has 1 aliphatic heterocycles. The van der Waals surface area contributed by atoms with Crippen molar-refractivity contribution < 1.29 is 19.3 Å². The molecule has 0 bridgehead atoms. The quantitative estimate of drug-likeness (QED) is 0.844. The van der Waals surface area contributed by atoms with Gasteiger partial charge in [-0.05, 0) is 30.7 Å². The van der Waals surface area contributed by atoms with Gasteiger partial charge in [-0.2, -0.15) is 0 Å². The van der Waals surface area contributed by atoms with Crippen molar-refractivity contribution in [1.29, 1.82) is 0 Å². The highest BCUT2D eigenvalue weighted by molar-refractivity contribution is 5.31. The Morgan fingerprint density at radius 3 is 2.65 bits per heavy atom. The zero-order valence-electron chi connectivity index (χ0n) is 9.96. The lowest BCUT2D eigenvalue weighted by Gasteiger charge is -2.17. The first-order valence-corrected chi connectivity index (χ1v) is 5.82. The minimum absolute atomic E-state index is 0.202. The monoisotopic (exact) mass is 238 g/mol. The molecule has 0 spiro atoms. The molecule has 0 aromatic heterocycles. The summed E-state index contributed by atoms with van der Waals surface area (Å²) in [5.74, 6) is 1.74. The van der Waals surface area contributed by atoms with Crippen molar-refractivity contribution in [1.82, 2.24) is 0 Å². The number of aliphatic hydroxyl groups excluding tert-OH is 1. The van der Waals surface area contributed by atoms with Crippen LogP contribution in [0.25, 0.3) is 0 Å². The first-order valence-electron chi connectivity index (χ1n) is 5.82. The molecule has 1 aromatic rings. The number of aliphatic hydroxyl groups is 1. The highest BCUT2D eigenvalue weighted by Gasteiger charge is 2.24. The Morgan fingerprint density at radius 2 is 2.06 bits per heavy atom. The van der Waals surface area contributed by atoms with Crippen LogP contribution in [-0.4, -0.2) is 38.1 Å². The van der Waals surface area contributed by atoms with Crippen molar-refractivity contribution in [3.8, 4) is 11.5 Å². The molecular weight excluding hydrogens is 220 g/mol. The largest absolute Gasteiger partial charge is 0.497 e. The summed E-state index contributed by atoms with van der Waals surface area (Å²) in [5.41, 5.74) is 0. The van der Waals surface area contributed by atoms with Crippen LogP contribution < -0.4 is 9.47 Å². The maximum Gasteiger partial charge on any atom is 0.119 e. The smallest absolute Gasteiger partial charge is 0.119 e. The van der Waals surface area contributed by atoms with Crippen LogP contribution in [0.4, 0.5) is 0 Å². The Morgan fingerprint density at radius 1 is 1.35 bits per heavy atom. The van der Waals surface area contributed by atoms with Crippen LogP contribution in [0, 0.1) is 5.92 Å². The normalized spacial score (nSPS) is 21.2. The van der Waals surface area contributed by atoms with Crippen LogP contribution >= 0.6 is 0 Å². The predicted molar refractivity (Wildman–Crippen MR) is 63.4 cm³/mol. The molecular formula is C13H18O4. The molecule has 1 aromatic carbocycles. The fourth-order valence-electron chi connectivity index (χ4n) is 1.85. The molecule has 2 atom stereocenters. The number of rotatable bonds is 5. The lowest BCUT2D eigenvalue weighted by atomic mass is 10.0. The lowest BCUT2D eigenvalue weighted by molar-refractivity contribution is 0.0499. The van der Waals surface area contributed by atoms with Gasteiger partial charge in [0.25, 0.3) is 0 Å². The third-order valence-electron chi connectivity index (χ3n) is 2.99. The first-order chi connectivity index (χ1) is 8.29. The molecule has 1 N–H and O–H groups in total. The van der Waals surface area contributed by atoms with Gasteiger partial charge in [0.1, 0.15) is 18.1 Å². The number of hydrogen-bond donors (Lipinski definition) is 1. The molecule has 0 amide bonds. The summed E-state index contributed by atoms with van der Waals surface area (Å²) in [6.45, 7) is 1.68. The molecule has 0 saturated carbocycles. The summed E-state index contributed by atoms with van der Waals surface area (Å²) in [6, 6.07) is 7.33. The van der Waals surface area contributed by atoms with Gasteiger partial charge in [0.05, 0.1) is 19.8 Å². The zero-order valence-corrected chi connectivity index (χ0v) is 9.96. The van der Waals surface area contributed by atoms with Crippen LogP contribution in [0.3, 0.4) is 0 Å². The average Bonchev–Trinajstić information content (AvgIpc) is 2.90. The highest BCUT2D eigenvalue weighted by Crippen LogP contribution is 2.20. The van der Waals surface area contributed by atoms with E-state index in [2.05, 4.69) is 0 Å². The molecule has 1 saturated heterocycles. The van der Waals surface area contributed by atoms with Gasteiger partial charge in [-0.1, -0.05) is 0 Å². The number of benzene rings is 1. The SMILES string of the molecule is COc1ccc(OCC(O)C2CCOC2)cc1. The minimum atomic E-state index is -0.459. The molecule has 0 aliphatic carbocycles. The Balaban J connectivity index is 1.80. The summed E-state index contributed by atoms with van der Waals surface area (Å²) < 4.78 is 15.8. The summed E-state index contributed by atoms with van der Waals surface area (Å²) in [6.07, 6.45) is 0.451. The van der Waals surface area contributed by atoms with Gasteiger partial charge in [0.15, 0.2) is 0 Å². The van der Waals surface area contributed by atoms with E-state index in [4.69, 9.17) is 14.2 Å². The lowest BCUT2D eigenvalue weighted by Crippen LogP contribution is -2.27. The molecule has 1 fully saturated rings. The van der Waals surface area contributed by atoms with Crippen molar-refractivity contribution in [2.75, 3.05) is 26.9 Å². The van der Waals surface area contributed by atoms with E-state index in [1.807, 2.05) is 24.3 Å². The van der Waals surface area contributed by atoms with Gasteiger partial charge in [-0.15, -0.1) is 0 Å². The molecule has 94 valence electrons. The topological polar surface area (TPSA) is 47.9 Å². The van der Waals surface area contributed by atoms with Gasteiger partial charge in [0, 0.05) is 12.5 Å². The van der Waals surface area contributed by atoms with Gasteiger partial charge in [-0.25, -0.2) is 0 Å². The van der Waals surface area contributed by atoms with Crippen molar-refractivity contribution in [3.05, 3.63) is 24.3 Å². The minimum Gasteiger partial charge on any atom is -0.497 e. The second kappa shape index (κ2) is 5.89. The van der Waals surface area contributed by atoms with Gasteiger partial charge >= 0.3 is 0 Å². The van der Waals surface area contributed by atoms with Crippen molar-refractivity contribution in [2.24, 2.45) is 5.92 Å². The summed E-state index contributed by atoms with van der Waals surface area (Å²) in [7, 11) is 1.62. The van der Waals surface area contributed by atoms with Gasteiger partial charge in [0.2, 0.25) is 0 Å². The Hall–Kier alpha value is -1.26. The Bertz CT molecular complexity index is 330. The Kier molecular flexibility index (Phi) is 4.23. The van der Waals surface area contributed by atoms with E-state index in [1.54, 1.807) is 7.11 Å². The molecule has 1 aliphatic rings. The number of hydrogen-bond acceptors (Lipinski definition) is 4. The van der Waals surface area contributed by atoms with Crippen LogP contribution in [0.1, 0.15) is 6.42 Å². The van der Waals surface area contributed by atoms with E-state index in [0.717, 1.165) is 24.5 Å². The number of ether oxygens (including phenoxy) is 3. The maximum atomic E-state index is 9.88. The van der Waals surface area contributed by atoms with Crippen LogP contribution in [0.5, 0.6) is 11.5 Å². The fraction of sp³-hybridized carbons (Fsp3) is 0.538. The Labute approximate surface area is 101 Å². The van der Waals surface area contributed by atoms with E-state index < -0.39 is 6.10 Å². The van der Waals surface area contributed by atoms with E-state index in [9.17, 15) is 5.11 Å². The van der Waals surface area contributed by atoms with E-state index in [0.29, 0.717) is 13.2 Å². The van der Waals surface area contributed by atoms with Gasteiger partial charge in [-0.3, -0.25) is 0 Å². The third kappa shape index (κ3) is 3.35. The highest BCUT2D eigenvalue weighted by atomic mass is 16.5. The summed E-state index contributed by atoms with van der Waals surface area (Å²) in [4.78, 5) is 0. The standard InChI is InChI=1S/C13H18O4/c1-15-11-2-4-12(5-3-11)17-9-13(14)10-6-7-16-8-10/h2-5,10,13-14H,6-9H2,1H3. The van der Waals surface area contributed by atoms with Crippen LogP contribution in [0.2, 0.25) is 0 Å². The fourth-order valence-corrected chi connectivity index (χ4v) is 1.85. The molecule has 1 heterocycles.